The largest absolute Gasteiger partial charge is 0.465 e. The van der Waals surface area contributed by atoms with Crippen LogP contribution in [0.4, 0.5) is 5.69 Å². The van der Waals surface area contributed by atoms with Crippen molar-refractivity contribution < 1.29 is 14.3 Å². The van der Waals surface area contributed by atoms with Crippen molar-refractivity contribution in [1.82, 2.24) is 9.78 Å². The number of anilines is 1. The summed E-state index contributed by atoms with van der Waals surface area (Å²) in [4.78, 5) is 24.7. The van der Waals surface area contributed by atoms with E-state index in [1.54, 1.807) is 35.1 Å². The van der Waals surface area contributed by atoms with Gasteiger partial charge in [0.2, 0.25) is 0 Å². The van der Waals surface area contributed by atoms with Crippen molar-refractivity contribution in [2.75, 3.05) is 12.4 Å². The quantitative estimate of drug-likeness (QED) is 0.475. The number of nitrogens with zero attached hydrogens (tertiary/aromatic N) is 2. The minimum Gasteiger partial charge on any atom is -0.465 e. The van der Waals surface area contributed by atoms with Crippen molar-refractivity contribution in [3.05, 3.63) is 102 Å². The zero-order valence-corrected chi connectivity index (χ0v) is 17.2. The summed E-state index contributed by atoms with van der Waals surface area (Å²) in [5.41, 5.74) is 4.86. The molecular weight excluding hydrogens is 390 g/mol. The van der Waals surface area contributed by atoms with E-state index in [0.717, 1.165) is 16.8 Å². The van der Waals surface area contributed by atoms with E-state index in [0.29, 0.717) is 22.5 Å². The molecule has 6 nitrogen and oxygen atoms in total. The Balaban J connectivity index is 1.68. The standard InChI is InChI=1S/C25H21N3O3/c1-17-8-10-18(11-9-17)23-22(16-28(27-23)21-6-4-3-5-7-21)24(29)26-20-14-12-19(13-15-20)25(30)31-2/h3-16H,1-2H3,(H,26,29). The molecule has 1 aromatic heterocycles. The maximum absolute atomic E-state index is 13.1. The molecular formula is C25H21N3O3. The number of rotatable bonds is 5. The molecule has 0 spiro atoms. The molecule has 31 heavy (non-hydrogen) atoms. The van der Waals surface area contributed by atoms with Crippen LogP contribution in [0.1, 0.15) is 26.3 Å². The minimum absolute atomic E-state index is 0.288. The number of methoxy groups -OCH3 is 1. The first kappa shape index (κ1) is 20.1. The molecule has 1 heterocycles. The Morgan fingerprint density at radius 3 is 2.23 bits per heavy atom. The van der Waals surface area contributed by atoms with Crippen LogP contribution in [0.3, 0.4) is 0 Å². The summed E-state index contributed by atoms with van der Waals surface area (Å²) in [5.74, 6) is -0.716. The van der Waals surface area contributed by atoms with Crippen LogP contribution in [0.2, 0.25) is 0 Å². The molecule has 0 saturated heterocycles. The first-order chi connectivity index (χ1) is 15.0. The van der Waals surface area contributed by atoms with Crippen LogP contribution in [0.15, 0.2) is 85.1 Å². The summed E-state index contributed by atoms with van der Waals surface area (Å²) in [6, 6.07) is 24.1. The van der Waals surface area contributed by atoms with Gasteiger partial charge in [0.05, 0.1) is 23.9 Å². The number of aromatic nitrogens is 2. The molecule has 6 heteroatoms. The van der Waals surface area contributed by atoms with Gasteiger partial charge >= 0.3 is 5.97 Å². The molecule has 0 radical (unpaired) electrons. The lowest BCUT2D eigenvalue weighted by Crippen LogP contribution is -2.12. The van der Waals surface area contributed by atoms with Crippen molar-refractivity contribution in [3.8, 4) is 16.9 Å². The van der Waals surface area contributed by atoms with Gasteiger partial charge in [0.15, 0.2) is 0 Å². The lowest BCUT2D eigenvalue weighted by atomic mass is 10.1. The molecule has 0 aliphatic heterocycles. The van der Waals surface area contributed by atoms with E-state index >= 15 is 0 Å². The Bertz CT molecular complexity index is 1210. The van der Waals surface area contributed by atoms with E-state index in [9.17, 15) is 9.59 Å². The summed E-state index contributed by atoms with van der Waals surface area (Å²) in [5, 5.41) is 7.57. The summed E-state index contributed by atoms with van der Waals surface area (Å²) in [6.45, 7) is 2.01. The average molecular weight is 411 g/mol. The molecule has 154 valence electrons. The van der Waals surface area contributed by atoms with Crippen LogP contribution >= 0.6 is 0 Å². The number of hydrogen-bond acceptors (Lipinski definition) is 4. The number of aryl methyl sites for hydroxylation is 1. The van der Waals surface area contributed by atoms with E-state index < -0.39 is 5.97 Å². The molecule has 1 N–H and O–H groups in total. The fraction of sp³-hybridized carbons (Fsp3) is 0.0800. The lowest BCUT2D eigenvalue weighted by molar-refractivity contribution is 0.0600. The molecule has 0 atom stereocenters. The van der Waals surface area contributed by atoms with E-state index in [-0.39, 0.29) is 5.91 Å². The third kappa shape index (κ3) is 4.38. The molecule has 0 bridgehead atoms. The molecule has 0 aliphatic carbocycles. The Morgan fingerprint density at radius 1 is 0.903 bits per heavy atom. The van der Waals surface area contributed by atoms with E-state index in [4.69, 9.17) is 4.74 Å². The van der Waals surface area contributed by atoms with Crippen LogP contribution in [0, 0.1) is 6.92 Å². The summed E-state index contributed by atoms with van der Waals surface area (Å²) >= 11 is 0. The lowest BCUT2D eigenvalue weighted by Gasteiger charge is -2.06. The molecule has 0 fully saturated rings. The van der Waals surface area contributed by atoms with Gasteiger partial charge in [0.25, 0.3) is 5.91 Å². The summed E-state index contributed by atoms with van der Waals surface area (Å²) < 4.78 is 6.41. The number of nitrogens with one attached hydrogen (secondary N) is 1. The third-order valence-corrected chi connectivity index (χ3v) is 4.87. The van der Waals surface area contributed by atoms with Crippen molar-refractivity contribution in [3.63, 3.8) is 0 Å². The van der Waals surface area contributed by atoms with Crippen molar-refractivity contribution in [2.24, 2.45) is 0 Å². The molecule has 4 aromatic rings. The highest BCUT2D eigenvalue weighted by Crippen LogP contribution is 2.25. The SMILES string of the molecule is COC(=O)c1ccc(NC(=O)c2cn(-c3ccccc3)nc2-c2ccc(C)cc2)cc1. The van der Waals surface area contributed by atoms with E-state index in [2.05, 4.69) is 10.4 Å². The van der Waals surface area contributed by atoms with Gasteiger partial charge in [-0.05, 0) is 43.3 Å². The molecule has 0 saturated carbocycles. The number of hydrogen-bond donors (Lipinski definition) is 1. The Kier molecular flexibility index (Phi) is 5.62. The third-order valence-electron chi connectivity index (χ3n) is 4.87. The van der Waals surface area contributed by atoms with Gasteiger partial charge in [0.1, 0.15) is 5.69 Å². The van der Waals surface area contributed by atoms with Crippen molar-refractivity contribution >= 4 is 17.6 Å². The number of amides is 1. The predicted molar refractivity (Wildman–Crippen MR) is 119 cm³/mol. The monoisotopic (exact) mass is 411 g/mol. The number of carbonyl (C=O) groups excluding carboxylic acids is 2. The van der Waals surface area contributed by atoms with Gasteiger partial charge in [0, 0.05) is 17.4 Å². The number of ether oxygens (including phenoxy) is 1. The number of esters is 1. The van der Waals surface area contributed by atoms with Gasteiger partial charge < -0.3 is 10.1 Å². The molecule has 1 amide bonds. The summed E-state index contributed by atoms with van der Waals surface area (Å²) in [7, 11) is 1.33. The second kappa shape index (κ2) is 8.67. The Hall–Kier alpha value is -4.19. The van der Waals surface area contributed by atoms with Crippen LogP contribution in [-0.4, -0.2) is 28.8 Å². The minimum atomic E-state index is -0.427. The highest BCUT2D eigenvalue weighted by molar-refractivity contribution is 6.08. The number of benzene rings is 3. The van der Waals surface area contributed by atoms with E-state index in [1.807, 2.05) is 61.5 Å². The Labute approximate surface area is 180 Å². The first-order valence-electron chi connectivity index (χ1n) is 9.77. The van der Waals surface area contributed by atoms with Gasteiger partial charge in [-0.1, -0.05) is 48.0 Å². The highest BCUT2D eigenvalue weighted by Gasteiger charge is 2.19. The fourth-order valence-electron chi connectivity index (χ4n) is 3.18. The maximum Gasteiger partial charge on any atom is 0.337 e. The van der Waals surface area contributed by atoms with Gasteiger partial charge in [-0.25, -0.2) is 9.48 Å². The molecule has 3 aromatic carbocycles. The molecule has 0 unspecified atom stereocenters. The normalized spacial score (nSPS) is 10.5. The van der Waals surface area contributed by atoms with Gasteiger partial charge in [-0.15, -0.1) is 0 Å². The van der Waals surface area contributed by atoms with Crippen LogP contribution in [0.25, 0.3) is 16.9 Å². The van der Waals surface area contributed by atoms with Crippen LogP contribution in [0.5, 0.6) is 0 Å². The van der Waals surface area contributed by atoms with Crippen LogP contribution in [-0.2, 0) is 4.74 Å². The number of para-hydroxylation sites is 1. The second-order valence-electron chi connectivity index (χ2n) is 7.06. The maximum atomic E-state index is 13.1. The first-order valence-corrected chi connectivity index (χ1v) is 9.77. The van der Waals surface area contributed by atoms with Crippen molar-refractivity contribution in [1.29, 1.82) is 0 Å². The average Bonchev–Trinajstić information content (AvgIpc) is 3.26. The number of carbonyl (C=O) groups is 2. The highest BCUT2D eigenvalue weighted by atomic mass is 16.5. The summed E-state index contributed by atoms with van der Waals surface area (Å²) in [6.07, 6.45) is 1.72. The second-order valence-corrected chi connectivity index (χ2v) is 7.06. The molecule has 0 aliphatic rings. The molecule has 4 rings (SSSR count). The zero-order valence-electron chi connectivity index (χ0n) is 17.2. The van der Waals surface area contributed by atoms with Crippen LogP contribution < -0.4 is 5.32 Å². The van der Waals surface area contributed by atoms with E-state index in [1.165, 1.54) is 7.11 Å². The van der Waals surface area contributed by atoms with Gasteiger partial charge in [-0.3, -0.25) is 4.79 Å². The topological polar surface area (TPSA) is 73.2 Å². The van der Waals surface area contributed by atoms with Gasteiger partial charge in [-0.2, -0.15) is 5.10 Å². The van der Waals surface area contributed by atoms with Crippen molar-refractivity contribution in [2.45, 2.75) is 6.92 Å². The fourth-order valence-corrected chi connectivity index (χ4v) is 3.18. The predicted octanol–water partition coefficient (Wildman–Crippen LogP) is 4.89. The zero-order chi connectivity index (χ0) is 21.8. The Morgan fingerprint density at radius 2 is 1.58 bits per heavy atom. The smallest absolute Gasteiger partial charge is 0.337 e.